The van der Waals surface area contributed by atoms with Crippen LogP contribution in [0.25, 0.3) is 0 Å². The maximum atomic E-state index is 5.74. The summed E-state index contributed by atoms with van der Waals surface area (Å²) in [5.74, 6) is 6.45. The maximum absolute atomic E-state index is 5.74. The van der Waals surface area contributed by atoms with Crippen molar-refractivity contribution in [3.05, 3.63) is 11.8 Å². The van der Waals surface area contributed by atoms with E-state index in [2.05, 4.69) is 5.43 Å². The van der Waals surface area contributed by atoms with Gasteiger partial charge in [-0.1, -0.05) is 25.7 Å². The highest BCUT2D eigenvalue weighted by molar-refractivity contribution is 5.11. The molecule has 1 aliphatic carbocycles. The van der Waals surface area contributed by atoms with Crippen molar-refractivity contribution in [2.45, 2.75) is 57.4 Å². The van der Waals surface area contributed by atoms with Crippen LogP contribution in [0.15, 0.2) is 11.8 Å². The van der Waals surface area contributed by atoms with Crippen molar-refractivity contribution in [1.29, 1.82) is 0 Å². The molecular formula is C13H24N2O. The molecule has 1 atom stereocenters. The van der Waals surface area contributed by atoms with Gasteiger partial charge in [-0.15, -0.1) is 0 Å². The van der Waals surface area contributed by atoms with Gasteiger partial charge >= 0.3 is 0 Å². The third kappa shape index (κ3) is 2.98. The summed E-state index contributed by atoms with van der Waals surface area (Å²) in [6, 6.07) is 0.346. The molecule has 2 rings (SSSR count). The zero-order valence-corrected chi connectivity index (χ0v) is 10.1. The van der Waals surface area contributed by atoms with Gasteiger partial charge in [-0.3, -0.25) is 11.3 Å². The van der Waals surface area contributed by atoms with E-state index in [0.29, 0.717) is 12.0 Å². The lowest BCUT2D eigenvalue weighted by molar-refractivity contribution is 0.211. The molecule has 0 saturated heterocycles. The number of hydrogen-bond acceptors (Lipinski definition) is 3. The Bertz CT molecular complexity index is 232. The molecular weight excluding hydrogens is 200 g/mol. The van der Waals surface area contributed by atoms with E-state index in [1.54, 1.807) is 0 Å². The minimum absolute atomic E-state index is 0.346. The van der Waals surface area contributed by atoms with Gasteiger partial charge in [0.05, 0.1) is 12.9 Å². The van der Waals surface area contributed by atoms with Crippen LogP contribution in [0.1, 0.15) is 51.4 Å². The van der Waals surface area contributed by atoms with Crippen LogP contribution in [0.4, 0.5) is 0 Å². The first-order chi connectivity index (χ1) is 7.92. The largest absolute Gasteiger partial charge is 0.501 e. The van der Waals surface area contributed by atoms with E-state index in [0.717, 1.165) is 19.4 Å². The molecule has 0 amide bonds. The number of hydrazine groups is 1. The number of nitrogens with one attached hydrogen (secondary N) is 1. The molecule has 0 spiro atoms. The van der Waals surface area contributed by atoms with E-state index in [4.69, 9.17) is 10.6 Å². The second kappa shape index (κ2) is 6.26. The molecule has 3 N–H and O–H groups in total. The Morgan fingerprint density at radius 2 is 1.94 bits per heavy atom. The highest BCUT2D eigenvalue weighted by Gasteiger charge is 2.25. The summed E-state index contributed by atoms with van der Waals surface area (Å²) >= 11 is 0. The molecule has 16 heavy (non-hydrogen) atoms. The van der Waals surface area contributed by atoms with Gasteiger partial charge in [0.2, 0.25) is 0 Å². The van der Waals surface area contributed by atoms with Crippen molar-refractivity contribution in [1.82, 2.24) is 5.43 Å². The standard InChI is InChI=1S/C13H24N2O/c14-15-13(12-8-5-9-16-10-12)11-6-3-1-2-4-7-11/h10-11,13,15H,1-9,14H2. The van der Waals surface area contributed by atoms with Crippen LogP contribution in [-0.4, -0.2) is 12.6 Å². The zero-order valence-electron chi connectivity index (χ0n) is 10.1. The summed E-state index contributed by atoms with van der Waals surface area (Å²) in [6.45, 7) is 0.867. The first-order valence-electron chi connectivity index (χ1n) is 6.68. The fraction of sp³-hybridized carbons (Fsp3) is 0.846. The van der Waals surface area contributed by atoms with Crippen molar-refractivity contribution in [3.8, 4) is 0 Å². The number of nitrogens with two attached hydrogens (primary N) is 1. The second-order valence-electron chi connectivity index (χ2n) is 5.06. The highest BCUT2D eigenvalue weighted by atomic mass is 16.5. The van der Waals surface area contributed by atoms with E-state index in [1.165, 1.54) is 44.1 Å². The Labute approximate surface area is 98.4 Å². The molecule has 1 saturated carbocycles. The van der Waals surface area contributed by atoms with Crippen LogP contribution < -0.4 is 11.3 Å². The van der Waals surface area contributed by atoms with Gasteiger partial charge in [0.15, 0.2) is 0 Å². The van der Waals surface area contributed by atoms with E-state index in [1.807, 2.05) is 6.26 Å². The van der Waals surface area contributed by atoms with E-state index in [9.17, 15) is 0 Å². The molecule has 1 aliphatic heterocycles. The molecule has 1 fully saturated rings. The normalized spacial score (nSPS) is 25.4. The summed E-state index contributed by atoms with van der Waals surface area (Å²) in [5, 5.41) is 0. The van der Waals surface area contributed by atoms with E-state index < -0.39 is 0 Å². The van der Waals surface area contributed by atoms with Crippen molar-refractivity contribution in [2.75, 3.05) is 6.61 Å². The lowest BCUT2D eigenvalue weighted by Gasteiger charge is -2.29. The van der Waals surface area contributed by atoms with Crippen molar-refractivity contribution >= 4 is 0 Å². The number of hydrogen-bond donors (Lipinski definition) is 2. The Morgan fingerprint density at radius 1 is 1.19 bits per heavy atom. The Hall–Kier alpha value is -0.540. The Kier molecular flexibility index (Phi) is 4.67. The lowest BCUT2D eigenvalue weighted by atomic mass is 9.86. The van der Waals surface area contributed by atoms with Gasteiger partial charge in [-0.2, -0.15) is 0 Å². The molecule has 0 aromatic rings. The number of rotatable bonds is 3. The van der Waals surface area contributed by atoms with Crippen molar-refractivity contribution < 1.29 is 4.74 Å². The van der Waals surface area contributed by atoms with Crippen molar-refractivity contribution in [2.24, 2.45) is 11.8 Å². The molecule has 0 aromatic carbocycles. The van der Waals surface area contributed by atoms with E-state index in [-0.39, 0.29) is 0 Å². The monoisotopic (exact) mass is 224 g/mol. The zero-order chi connectivity index (χ0) is 11.2. The fourth-order valence-corrected chi connectivity index (χ4v) is 3.00. The molecule has 92 valence electrons. The summed E-state index contributed by atoms with van der Waals surface area (Å²) < 4.78 is 5.43. The van der Waals surface area contributed by atoms with Crippen LogP contribution in [-0.2, 0) is 4.74 Å². The van der Waals surface area contributed by atoms with E-state index >= 15 is 0 Å². The summed E-state index contributed by atoms with van der Waals surface area (Å²) in [7, 11) is 0. The molecule has 1 heterocycles. The highest BCUT2D eigenvalue weighted by Crippen LogP contribution is 2.30. The summed E-state index contributed by atoms with van der Waals surface area (Å²) in [5.41, 5.74) is 4.40. The summed E-state index contributed by atoms with van der Waals surface area (Å²) in [6.07, 6.45) is 12.3. The van der Waals surface area contributed by atoms with Crippen LogP contribution in [0.5, 0.6) is 0 Å². The van der Waals surface area contributed by atoms with Crippen molar-refractivity contribution in [3.63, 3.8) is 0 Å². The second-order valence-corrected chi connectivity index (χ2v) is 5.06. The van der Waals surface area contributed by atoms with Gasteiger partial charge in [0.25, 0.3) is 0 Å². The Balaban J connectivity index is 1.99. The Morgan fingerprint density at radius 3 is 2.50 bits per heavy atom. The van der Waals surface area contributed by atoms with Crippen LogP contribution >= 0.6 is 0 Å². The average Bonchev–Trinajstić information content (AvgIpc) is 2.61. The molecule has 0 radical (unpaired) electrons. The SMILES string of the molecule is NNC(C1=COCCC1)C1CCCCCC1. The average molecular weight is 224 g/mol. The summed E-state index contributed by atoms with van der Waals surface area (Å²) in [4.78, 5) is 0. The predicted molar refractivity (Wildman–Crippen MR) is 65.6 cm³/mol. The molecule has 3 heteroatoms. The topological polar surface area (TPSA) is 47.3 Å². The van der Waals surface area contributed by atoms with Crippen LogP contribution in [0.3, 0.4) is 0 Å². The van der Waals surface area contributed by atoms with Gasteiger partial charge in [-0.25, -0.2) is 0 Å². The smallest absolute Gasteiger partial charge is 0.0876 e. The van der Waals surface area contributed by atoms with Gasteiger partial charge in [0, 0.05) is 6.04 Å². The van der Waals surface area contributed by atoms with Crippen LogP contribution in [0.2, 0.25) is 0 Å². The first-order valence-corrected chi connectivity index (χ1v) is 6.68. The maximum Gasteiger partial charge on any atom is 0.0876 e. The quantitative estimate of drug-likeness (QED) is 0.440. The molecule has 1 unspecified atom stereocenters. The lowest BCUT2D eigenvalue weighted by Crippen LogP contribution is -2.42. The molecule has 3 nitrogen and oxygen atoms in total. The fourth-order valence-electron chi connectivity index (χ4n) is 3.00. The minimum Gasteiger partial charge on any atom is -0.501 e. The third-order valence-corrected chi connectivity index (χ3v) is 3.91. The van der Waals surface area contributed by atoms with Gasteiger partial charge < -0.3 is 4.74 Å². The minimum atomic E-state index is 0.346. The van der Waals surface area contributed by atoms with Gasteiger partial charge in [-0.05, 0) is 37.2 Å². The first kappa shape index (κ1) is 11.9. The van der Waals surface area contributed by atoms with Gasteiger partial charge in [0.1, 0.15) is 0 Å². The molecule has 2 aliphatic rings. The third-order valence-electron chi connectivity index (χ3n) is 3.91. The predicted octanol–water partition coefficient (Wildman–Crippen LogP) is 2.48. The molecule has 0 bridgehead atoms. The molecule has 0 aromatic heterocycles. The number of ether oxygens (including phenoxy) is 1. The van der Waals surface area contributed by atoms with Crippen LogP contribution in [0, 0.1) is 5.92 Å².